The Morgan fingerprint density at radius 2 is 2.04 bits per heavy atom. The Labute approximate surface area is 157 Å². The molecule has 7 heteroatoms. The van der Waals surface area contributed by atoms with Crippen molar-refractivity contribution in [2.24, 2.45) is 10.7 Å². The third-order valence-corrected chi connectivity index (χ3v) is 4.76. The lowest BCUT2D eigenvalue weighted by atomic mass is 9.88. The number of nitrogens with zero attached hydrogens (tertiary/aromatic N) is 2. The van der Waals surface area contributed by atoms with E-state index in [0.717, 1.165) is 16.7 Å². The maximum absolute atomic E-state index is 12.6. The van der Waals surface area contributed by atoms with Crippen molar-refractivity contribution in [2.75, 3.05) is 7.05 Å². The molecule has 1 heterocycles. The summed E-state index contributed by atoms with van der Waals surface area (Å²) >= 11 is 0. The molecule has 0 radical (unpaired) electrons. The summed E-state index contributed by atoms with van der Waals surface area (Å²) in [4.78, 5) is 29.6. The van der Waals surface area contributed by atoms with Gasteiger partial charge in [-0.25, -0.2) is 4.99 Å². The molecule has 4 N–H and O–H groups in total. The summed E-state index contributed by atoms with van der Waals surface area (Å²) in [6, 6.07) is 12.4. The van der Waals surface area contributed by atoms with Crippen LogP contribution >= 0.6 is 0 Å². The monoisotopic (exact) mass is 366 g/mol. The van der Waals surface area contributed by atoms with Crippen molar-refractivity contribution in [1.29, 1.82) is 0 Å². The van der Waals surface area contributed by atoms with E-state index in [2.05, 4.69) is 10.3 Å². The lowest BCUT2D eigenvalue weighted by Crippen LogP contribution is -2.38. The Morgan fingerprint density at radius 3 is 2.67 bits per heavy atom. The minimum Gasteiger partial charge on any atom is -0.508 e. The molecule has 3 rings (SSSR count). The largest absolute Gasteiger partial charge is 0.508 e. The Kier molecular flexibility index (Phi) is 4.61. The second-order valence-electron chi connectivity index (χ2n) is 6.74. The molecular formula is C20H22N4O3. The maximum atomic E-state index is 12.6. The van der Waals surface area contributed by atoms with Crippen LogP contribution in [0.15, 0.2) is 47.5 Å². The molecule has 0 fully saturated rings. The number of carbonyl (C=O) groups excluding carboxylic acids is 2. The summed E-state index contributed by atoms with van der Waals surface area (Å²) < 4.78 is 0. The topological polar surface area (TPSA) is 108 Å². The van der Waals surface area contributed by atoms with Gasteiger partial charge in [-0.1, -0.05) is 24.3 Å². The molecule has 7 nitrogen and oxygen atoms in total. The Hall–Kier alpha value is -3.35. The molecule has 0 aliphatic carbocycles. The highest BCUT2D eigenvalue weighted by molar-refractivity contribution is 6.06. The smallest absolute Gasteiger partial charge is 0.261 e. The fourth-order valence-corrected chi connectivity index (χ4v) is 3.17. The fourth-order valence-electron chi connectivity index (χ4n) is 3.17. The van der Waals surface area contributed by atoms with Gasteiger partial charge in [0.15, 0.2) is 11.5 Å². The van der Waals surface area contributed by atoms with Crippen LogP contribution in [0.1, 0.15) is 25.0 Å². The van der Waals surface area contributed by atoms with Crippen LogP contribution in [0.4, 0.5) is 0 Å². The minimum atomic E-state index is -1.09. The molecule has 2 aromatic rings. The number of benzene rings is 2. The third-order valence-electron chi connectivity index (χ3n) is 4.76. The average Bonchev–Trinajstić information content (AvgIpc) is 2.84. The highest BCUT2D eigenvalue weighted by atomic mass is 16.3. The number of hydrogen-bond donors (Lipinski definition) is 3. The number of nitrogens with two attached hydrogens (primary N) is 1. The molecule has 1 unspecified atom stereocenters. The first-order chi connectivity index (χ1) is 12.7. The SMILES string of the molecule is CC(=O)NCc1ccc(O)cc1-c1cccc(C2(C)N=C(N)N(C)C2=O)c1. The number of rotatable bonds is 4. The highest BCUT2D eigenvalue weighted by Gasteiger charge is 2.43. The van der Waals surface area contributed by atoms with Crippen molar-refractivity contribution in [1.82, 2.24) is 10.2 Å². The van der Waals surface area contributed by atoms with Crippen molar-refractivity contribution in [2.45, 2.75) is 25.9 Å². The van der Waals surface area contributed by atoms with E-state index in [1.807, 2.05) is 24.3 Å². The number of nitrogens with one attached hydrogen (secondary N) is 1. The fraction of sp³-hybridized carbons (Fsp3) is 0.250. The van der Waals surface area contributed by atoms with Gasteiger partial charge in [0.2, 0.25) is 5.91 Å². The van der Waals surface area contributed by atoms with Crippen LogP contribution < -0.4 is 11.1 Å². The van der Waals surface area contributed by atoms with Gasteiger partial charge in [0.1, 0.15) is 5.75 Å². The van der Waals surface area contributed by atoms with E-state index in [1.165, 1.54) is 11.8 Å². The summed E-state index contributed by atoms with van der Waals surface area (Å²) in [6.07, 6.45) is 0. The van der Waals surface area contributed by atoms with Gasteiger partial charge < -0.3 is 16.2 Å². The molecule has 140 valence electrons. The third kappa shape index (κ3) is 3.36. The molecule has 0 spiro atoms. The number of aromatic hydroxyl groups is 1. The van der Waals surface area contributed by atoms with Gasteiger partial charge in [0, 0.05) is 20.5 Å². The highest BCUT2D eigenvalue weighted by Crippen LogP contribution is 2.35. The number of hydrogen-bond acceptors (Lipinski definition) is 5. The van der Waals surface area contributed by atoms with Gasteiger partial charge in [-0.3, -0.25) is 14.5 Å². The summed E-state index contributed by atoms with van der Waals surface area (Å²) in [5.41, 5.74) is 7.86. The first-order valence-corrected chi connectivity index (χ1v) is 8.53. The molecule has 0 saturated carbocycles. The molecule has 1 aliphatic heterocycles. The first-order valence-electron chi connectivity index (χ1n) is 8.53. The summed E-state index contributed by atoms with van der Waals surface area (Å²) in [5, 5.41) is 12.7. The quantitative estimate of drug-likeness (QED) is 0.765. The maximum Gasteiger partial charge on any atom is 0.261 e. The van der Waals surface area contributed by atoms with Gasteiger partial charge in [-0.05, 0) is 47.4 Å². The van der Waals surface area contributed by atoms with Crippen LogP contribution in [0.25, 0.3) is 11.1 Å². The number of phenolic OH excluding ortho intramolecular Hbond substituents is 1. The molecule has 0 bridgehead atoms. The van der Waals surface area contributed by atoms with E-state index in [1.54, 1.807) is 32.2 Å². The second-order valence-corrected chi connectivity index (χ2v) is 6.74. The van der Waals surface area contributed by atoms with Crippen molar-refractivity contribution in [3.05, 3.63) is 53.6 Å². The van der Waals surface area contributed by atoms with E-state index in [0.29, 0.717) is 12.1 Å². The first kappa shape index (κ1) is 18.4. The van der Waals surface area contributed by atoms with Gasteiger partial charge in [0.25, 0.3) is 5.91 Å². The number of guanidine groups is 1. The van der Waals surface area contributed by atoms with Crippen LogP contribution in [-0.4, -0.2) is 34.8 Å². The molecule has 2 amide bonds. The minimum absolute atomic E-state index is 0.118. The van der Waals surface area contributed by atoms with E-state index in [-0.39, 0.29) is 23.5 Å². The molecule has 1 aliphatic rings. The Bertz CT molecular complexity index is 954. The average molecular weight is 366 g/mol. The van der Waals surface area contributed by atoms with Gasteiger partial charge >= 0.3 is 0 Å². The summed E-state index contributed by atoms with van der Waals surface area (Å²) in [7, 11) is 1.59. The molecule has 0 saturated heterocycles. The van der Waals surface area contributed by atoms with Gasteiger partial charge in [-0.15, -0.1) is 0 Å². The summed E-state index contributed by atoms with van der Waals surface area (Å²) in [5.74, 6) is -0.0463. The molecule has 0 aromatic heterocycles. The zero-order valence-electron chi connectivity index (χ0n) is 15.5. The van der Waals surface area contributed by atoms with Crippen LogP contribution in [0, 0.1) is 0 Å². The lowest BCUT2D eigenvalue weighted by molar-refractivity contribution is -0.130. The van der Waals surface area contributed by atoms with Crippen LogP contribution in [0.5, 0.6) is 5.75 Å². The van der Waals surface area contributed by atoms with Crippen LogP contribution in [-0.2, 0) is 21.7 Å². The number of phenols is 1. The standard InChI is InChI=1S/C20H22N4O3/c1-12(25)22-11-14-7-8-16(26)10-17(14)13-5-4-6-15(9-13)20(2)18(27)24(3)19(21)23-20/h4-10,26H,11H2,1-3H3,(H2,21,23)(H,22,25). The molecule has 1 atom stereocenters. The lowest BCUT2D eigenvalue weighted by Gasteiger charge is -2.21. The molecule has 2 aromatic carbocycles. The zero-order valence-corrected chi connectivity index (χ0v) is 15.5. The number of aliphatic imine (C=N–C) groups is 1. The predicted octanol–water partition coefficient (Wildman–Crippen LogP) is 1.70. The van der Waals surface area contributed by atoms with Crippen molar-refractivity contribution in [3.63, 3.8) is 0 Å². The van der Waals surface area contributed by atoms with Crippen LogP contribution in [0.3, 0.4) is 0 Å². The Balaban J connectivity index is 2.06. The summed E-state index contributed by atoms with van der Waals surface area (Å²) in [6.45, 7) is 3.51. The second kappa shape index (κ2) is 6.75. The van der Waals surface area contributed by atoms with Gasteiger partial charge in [0.05, 0.1) is 0 Å². The van der Waals surface area contributed by atoms with E-state index in [4.69, 9.17) is 5.73 Å². The number of likely N-dealkylation sites (N-methyl/N-ethyl adjacent to an activating group) is 1. The molecular weight excluding hydrogens is 344 g/mol. The van der Waals surface area contributed by atoms with Gasteiger partial charge in [-0.2, -0.15) is 0 Å². The predicted molar refractivity (Wildman–Crippen MR) is 103 cm³/mol. The van der Waals surface area contributed by atoms with Crippen LogP contribution in [0.2, 0.25) is 0 Å². The van der Waals surface area contributed by atoms with E-state index < -0.39 is 5.54 Å². The number of carbonyl (C=O) groups is 2. The Morgan fingerprint density at radius 1 is 1.30 bits per heavy atom. The van der Waals surface area contributed by atoms with Crippen molar-refractivity contribution >= 4 is 17.8 Å². The van der Waals surface area contributed by atoms with E-state index in [9.17, 15) is 14.7 Å². The van der Waals surface area contributed by atoms with E-state index >= 15 is 0 Å². The van der Waals surface area contributed by atoms with Crippen molar-refractivity contribution < 1.29 is 14.7 Å². The number of amides is 2. The normalized spacial score (nSPS) is 19.1. The van der Waals surface area contributed by atoms with Crippen molar-refractivity contribution in [3.8, 4) is 16.9 Å². The zero-order chi connectivity index (χ0) is 19.8. The molecule has 27 heavy (non-hydrogen) atoms.